The summed E-state index contributed by atoms with van der Waals surface area (Å²) in [6.07, 6.45) is 0.815. The maximum absolute atomic E-state index is 13.4. The van der Waals surface area contributed by atoms with Gasteiger partial charge in [0.2, 0.25) is 0 Å². The Labute approximate surface area is 135 Å². The number of hydrogen-bond donors (Lipinski definition) is 2. The molecule has 0 radical (unpaired) electrons. The fourth-order valence-corrected chi connectivity index (χ4v) is 2.56. The van der Waals surface area contributed by atoms with E-state index in [9.17, 15) is 18.4 Å². The summed E-state index contributed by atoms with van der Waals surface area (Å²) in [5, 5.41) is 11.5. The molecule has 0 spiro atoms. The van der Waals surface area contributed by atoms with Crippen molar-refractivity contribution in [3.05, 3.63) is 59.1 Å². The van der Waals surface area contributed by atoms with Gasteiger partial charge in [-0.2, -0.15) is 0 Å². The van der Waals surface area contributed by atoms with E-state index >= 15 is 0 Å². The van der Waals surface area contributed by atoms with E-state index in [2.05, 4.69) is 5.32 Å². The zero-order chi connectivity index (χ0) is 17.3. The Hall–Kier alpha value is -2.74. The topological polar surface area (TPSA) is 88.8 Å². The summed E-state index contributed by atoms with van der Waals surface area (Å²) in [5.74, 6) is -3.92. The van der Waals surface area contributed by atoms with Crippen molar-refractivity contribution in [3.63, 3.8) is 0 Å². The lowest BCUT2D eigenvalue weighted by molar-refractivity contribution is 0.0695. The van der Waals surface area contributed by atoms with Gasteiger partial charge in [-0.3, -0.25) is 4.79 Å². The Bertz CT molecular complexity index is 789. The molecule has 126 valence electrons. The number of nitrogens with one attached hydrogen (secondary N) is 1. The summed E-state index contributed by atoms with van der Waals surface area (Å²) in [7, 11) is 0. The van der Waals surface area contributed by atoms with E-state index < -0.39 is 35.7 Å². The molecule has 1 aromatic heterocycles. The molecule has 2 heterocycles. The van der Waals surface area contributed by atoms with Crippen LogP contribution in [-0.2, 0) is 4.74 Å². The smallest absolute Gasteiger partial charge is 0.338 e. The van der Waals surface area contributed by atoms with E-state index in [-0.39, 0.29) is 11.3 Å². The molecule has 0 bridgehead atoms. The summed E-state index contributed by atoms with van der Waals surface area (Å²) >= 11 is 0. The van der Waals surface area contributed by atoms with E-state index in [1.54, 1.807) is 0 Å². The predicted molar refractivity (Wildman–Crippen MR) is 76.6 cm³/mol. The maximum atomic E-state index is 13.4. The van der Waals surface area contributed by atoms with E-state index in [0.29, 0.717) is 18.6 Å². The van der Waals surface area contributed by atoms with Crippen molar-refractivity contribution in [2.45, 2.75) is 18.6 Å². The predicted octanol–water partition coefficient (Wildman–Crippen LogP) is 2.52. The first kappa shape index (κ1) is 16.1. The Morgan fingerprint density at radius 1 is 1.21 bits per heavy atom. The van der Waals surface area contributed by atoms with Gasteiger partial charge in [-0.1, -0.05) is 6.07 Å². The van der Waals surface area contributed by atoms with Crippen LogP contribution in [0.3, 0.4) is 0 Å². The van der Waals surface area contributed by atoms with Crippen LogP contribution in [0.15, 0.2) is 34.9 Å². The SMILES string of the molecule is O=C(O)c1coc(C(=O)N[C@@H]2CCO[C@@H]2c2ccc(F)c(F)c2)c1. The molecule has 8 heteroatoms. The molecule has 0 saturated carbocycles. The Morgan fingerprint density at radius 3 is 2.67 bits per heavy atom. The fourth-order valence-electron chi connectivity index (χ4n) is 2.56. The van der Waals surface area contributed by atoms with Gasteiger partial charge in [0.1, 0.15) is 12.4 Å². The zero-order valence-corrected chi connectivity index (χ0v) is 12.3. The van der Waals surface area contributed by atoms with Crippen LogP contribution in [0.5, 0.6) is 0 Å². The Morgan fingerprint density at radius 2 is 2.00 bits per heavy atom. The summed E-state index contributed by atoms with van der Waals surface area (Å²) in [4.78, 5) is 22.9. The molecular formula is C16H13F2NO5. The average Bonchev–Trinajstić information content (AvgIpc) is 3.19. The molecule has 24 heavy (non-hydrogen) atoms. The summed E-state index contributed by atoms with van der Waals surface area (Å²) in [6.45, 7) is 0.340. The molecule has 1 amide bonds. The monoisotopic (exact) mass is 337 g/mol. The molecule has 2 N–H and O–H groups in total. The molecule has 3 rings (SSSR count). The van der Waals surface area contributed by atoms with Crippen molar-refractivity contribution in [3.8, 4) is 0 Å². The number of amides is 1. The number of hydrogen-bond acceptors (Lipinski definition) is 4. The molecule has 1 fully saturated rings. The average molecular weight is 337 g/mol. The molecule has 1 aromatic carbocycles. The van der Waals surface area contributed by atoms with Crippen molar-refractivity contribution in [2.24, 2.45) is 0 Å². The number of carboxylic acid groups (broad SMARTS) is 1. The number of benzene rings is 1. The van der Waals surface area contributed by atoms with Gasteiger partial charge in [0.15, 0.2) is 17.4 Å². The first-order valence-electron chi connectivity index (χ1n) is 7.15. The van der Waals surface area contributed by atoms with Gasteiger partial charge in [0, 0.05) is 12.7 Å². The number of halogens is 2. The summed E-state index contributed by atoms with van der Waals surface area (Å²) < 4.78 is 36.8. The number of carboxylic acids is 1. The van der Waals surface area contributed by atoms with Crippen molar-refractivity contribution in [1.82, 2.24) is 5.32 Å². The summed E-state index contributed by atoms with van der Waals surface area (Å²) in [5.41, 5.74) is 0.266. The second-order valence-corrected chi connectivity index (χ2v) is 5.34. The fraction of sp³-hybridized carbons (Fsp3) is 0.250. The number of ether oxygens (including phenoxy) is 1. The maximum Gasteiger partial charge on any atom is 0.338 e. The van der Waals surface area contributed by atoms with Crippen molar-refractivity contribution in [2.75, 3.05) is 6.61 Å². The van der Waals surface area contributed by atoms with E-state index in [1.807, 2.05) is 0 Å². The molecule has 2 aromatic rings. The molecule has 6 nitrogen and oxygen atoms in total. The minimum absolute atomic E-state index is 0.139. The normalized spacial score (nSPS) is 20.1. The highest BCUT2D eigenvalue weighted by Gasteiger charge is 2.32. The van der Waals surface area contributed by atoms with Crippen molar-refractivity contribution < 1.29 is 32.6 Å². The van der Waals surface area contributed by atoms with Crippen LogP contribution in [0.4, 0.5) is 8.78 Å². The van der Waals surface area contributed by atoms with Crippen LogP contribution >= 0.6 is 0 Å². The molecule has 2 atom stereocenters. The van der Waals surface area contributed by atoms with Crippen molar-refractivity contribution >= 4 is 11.9 Å². The van der Waals surface area contributed by atoms with Gasteiger partial charge in [0.25, 0.3) is 5.91 Å². The number of carbonyl (C=O) groups is 2. The van der Waals surface area contributed by atoms with Crippen LogP contribution in [-0.4, -0.2) is 29.6 Å². The molecular weight excluding hydrogens is 324 g/mol. The molecule has 1 saturated heterocycles. The standard InChI is InChI=1S/C16H13F2NO5/c17-10-2-1-8(5-11(10)18)14-12(3-4-23-14)19-15(20)13-6-9(7-24-13)16(21)22/h1-2,5-7,12,14H,3-4H2,(H,19,20)(H,21,22)/t12-,14-/m1/s1. The first-order valence-corrected chi connectivity index (χ1v) is 7.15. The minimum atomic E-state index is -1.21. The largest absolute Gasteiger partial charge is 0.478 e. The quantitative estimate of drug-likeness (QED) is 0.895. The number of aromatic carboxylic acids is 1. The Balaban J connectivity index is 1.74. The Kier molecular flexibility index (Phi) is 4.30. The lowest BCUT2D eigenvalue weighted by Crippen LogP contribution is -2.36. The van der Waals surface area contributed by atoms with Gasteiger partial charge in [0.05, 0.1) is 11.6 Å². The van der Waals surface area contributed by atoms with Gasteiger partial charge in [-0.15, -0.1) is 0 Å². The second-order valence-electron chi connectivity index (χ2n) is 5.34. The van der Waals surface area contributed by atoms with Crippen LogP contribution in [0, 0.1) is 11.6 Å². The van der Waals surface area contributed by atoms with E-state index in [1.165, 1.54) is 6.07 Å². The molecule has 0 unspecified atom stereocenters. The highest BCUT2D eigenvalue weighted by atomic mass is 19.2. The molecule has 1 aliphatic rings. The van der Waals surface area contributed by atoms with Crippen LogP contribution in [0.2, 0.25) is 0 Å². The van der Waals surface area contributed by atoms with Crippen LogP contribution < -0.4 is 5.32 Å². The highest BCUT2D eigenvalue weighted by molar-refractivity contribution is 5.95. The lowest BCUT2D eigenvalue weighted by atomic mass is 10.0. The third kappa shape index (κ3) is 3.13. The first-order chi connectivity index (χ1) is 11.5. The number of furan rings is 1. The van der Waals surface area contributed by atoms with Gasteiger partial charge in [-0.05, 0) is 24.1 Å². The summed E-state index contributed by atoms with van der Waals surface area (Å²) in [6, 6.07) is 4.06. The van der Waals surface area contributed by atoms with Crippen LogP contribution in [0.25, 0.3) is 0 Å². The van der Waals surface area contributed by atoms with Gasteiger partial charge in [-0.25, -0.2) is 13.6 Å². The third-order valence-electron chi connectivity index (χ3n) is 3.75. The minimum Gasteiger partial charge on any atom is -0.478 e. The second kappa shape index (κ2) is 6.40. The van der Waals surface area contributed by atoms with E-state index in [0.717, 1.165) is 24.5 Å². The van der Waals surface area contributed by atoms with Crippen LogP contribution in [0.1, 0.15) is 39.0 Å². The van der Waals surface area contributed by atoms with Gasteiger partial charge < -0.3 is 19.6 Å². The molecule has 0 aliphatic carbocycles. The highest BCUT2D eigenvalue weighted by Crippen LogP contribution is 2.30. The zero-order valence-electron chi connectivity index (χ0n) is 12.3. The van der Waals surface area contributed by atoms with E-state index in [4.69, 9.17) is 14.3 Å². The molecule has 1 aliphatic heterocycles. The third-order valence-corrected chi connectivity index (χ3v) is 3.75. The van der Waals surface area contributed by atoms with Gasteiger partial charge >= 0.3 is 5.97 Å². The lowest BCUT2D eigenvalue weighted by Gasteiger charge is -2.19. The number of carbonyl (C=O) groups excluding carboxylic acids is 1. The number of rotatable bonds is 4. The van der Waals surface area contributed by atoms with Crippen molar-refractivity contribution in [1.29, 1.82) is 0 Å².